The maximum absolute atomic E-state index is 12.4. The van der Waals surface area contributed by atoms with Gasteiger partial charge in [-0.25, -0.2) is 15.0 Å². The van der Waals surface area contributed by atoms with Crippen molar-refractivity contribution in [2.24, 2.45) is 5.92 Å². The number of hydrogen-bond donors (Lipinski definition) is 3. The van der Waals surface area contributed by atoms with Crippen molar-refractivity contribution in [2.45, 2.75) is 25.3 Å². The van der Waals surface area contributed by atoms with Crippen molar-refractivity contribution in [1.82, 2.24) is 19.5 Å². The Labute approximate surface area is 156 Å². The molecule has 4 atom stereocenters. The Kier molecular flexibility index (Phi) is 4.24. The number of rotatable bonds is 4. The van der Waals surface area contributed by atoms with Crippen molar-refractivity contribution >= 4 is 22.9 Å². The van der Waals surface area contributed by atoms with Crippen molar-refractivity contribution in [2.75, 3.05) is 11.9 Å². The molecule has 1 amide bonds. The Bertz CT molecular complexity index is 983. The zero-order valence-electron chi connectivity index (χ0n) is 15.3. The molecule has 3 heterocycles. The van der Waals surface area contributed by atoms with Crippen LogP contribution in [0.2, 0.25) is 0 Å². The van der Waals surface area contributed by atoms with Crippen LogP contribution in [0.5, 0.6) is 0 Å². The minimum absolute atomic E-state index is 0.131. The molecule has 140 valence electrons. The maximum Gasteiger partial charge on any atom is 0.256 e. The summed E-state index contributed by atoms with van der Waals surface area (Å²) >= 11 is 0. The predicted octanol–water partition coefficient (Wildman–Crippen LogP) is 0.965. The van der Waals surface area contributed by atoms with E-state index in [0.717, 1.165) is 0 Å². The first-order valence-electron chi connectivity index (χ1n) is 9.12. The lowest BCUT2D eigenvalue weighted by Crippen LogP contribution is -2.28. The van der Waals surface area contributed by atoms with Crippen LogP contribution in [0.4, 0.5) is 5.82 Å². The van der Waals surface area contributed by atoms with E-state index in [4.69, 9.17) is 6.11 Å². The summed E-state index contributed by atoms with van der Waals surface area (Å²) in [6, 6.07) is 8.72. The van der Waals surface area contributed by atoms with Crippen molar-refractivity contribution in [1.29, 1.82) is 0 Å². The predicted molar refractivity (Wildman–Crippen MR) is 95.9 cm³/mol. The van der Waals surface area contributed by atoms with Crippen LogP contribution in [0, 0.1) is 5.92 Å². The SMILES string of the molecule is [2H]C[C@H]1O[C@@H](n2cnc3c(NC(=O)c4ccccc4)ncnc32)[C@H](CO)C1O. The van der Waals surface area contributed by atoms with Gasteiger partial charge in [0.15, 0.2) is 17.0 Å². The molecule has 0 bridgehead atoms. The molecule has 2 aromatic heterocycles. The minimum atomic E-state index is -0.968. The van der Waals surface area contributed by atoms with Gasteiger partial charge in [-0.3, -0.25) is 9.36 Å². The summed E-state index contributed by atoms with van der Waals surface area (Å²) in [6.45, 7) is -0.446. The molecule has 1 unspecified atom stereocenters. The van der Waals surface area contributed by atoms with E-state index < -0.39 is 24.4 Å². The van der Waals surface area contributed by atoms with Crippen LogP contribution in [0.25, 0.3) is 11.2 Å². The van der Waals surface area contributed by atoms with Crippen molar-refractivity contribution < 1.29 is 21.1 Å². The number of benzene rings is 1. The first-order valence-corrected chi connectivity index (χ1v) is 8.41. The lowest BCUT2D eigenvalue weighted by molar-refractivity contribution is -0.0148. The second kappa shape index (κ2) is 7.03. The van der Waals surface area contributed by atoms with E-state index in [9.17, 15) is 15.0 Å². The lowest BCUT2D eigenvalue weighted by Gasteiger charge is -2.19. The number of nitrogens with one attached hydrogen (secondary N) is 1. The van der Waals surface area contributed by atoms with Crippen molar-refractivity contribution in [3.63, 3.8) is 0 Å². The number of fused-ring (bicyclic) bond motifs is 1. The van der Waals surface area contributed by atoms with Gasteiger partial charge < -0.3 is 20.3 Å². The summed E-state index contributed by atoms with van der Waals surface area (Å²) in [4.78, 5) is 25.0. The van der Waals surface area contributed by atoms with Crippen LogP contribution in [0.1, 0.15) is 24.9 Å². The molecule has 0 aliphatic carbocycles. The number of carbonyl (C=O) groups is 1. The second-order valence-corrected chi connectivity index (χ2v) is 6.27. The van der Waals surface area contributed by atoms with Gasteiger partial charge in [-0.05, 0) is 19.0 Å². The highest BCUT2D eigenvalue weighted by Crippen LogP contribution is 2.36. The van der Waals surface area contributed by atoms with Gasteiger partial charge in [0, 0.05) is 6.93 Å². The molecule has 1 aliphatic rings. The Hall–Kier alpha value is -2.88. The van der Waals surface area contributed by atoms with Crippen LogP contribution in [-0.4, -0.2) is 54.5 Å². The molecular weight excluding hydrogens is 350 g/mol. The van der Waals surface area contributed by atoms with Gasteiger partial charge in [0.25, 0.3) is 5.91 Å². The summed E-state index contributed by atoms with van der Waals surface area (Å²) in [5, 5.41) is 22.7. The summed E-state index contributed by atoms with van der Waals surface area (Å²) in [7, 11) is 0. The number of amides is 1. The van der Waals surface area contributed by atoms with Gasteiger partial charge >= 0.3 is 0 Å². The largest absolute Gasteiger partial charge is 0.396 e. The average Bonchev–Trinajstić information content (AvgIpc) is 3.29. The maximum atomic E-state index is 12.4. The summed E-state index contributed by atoms with van der Waals surface area (Å²) < 4.78 is 14.8. The monoisotopic (exact) mass is 370 g/mol. The summed E-state index contributed by atoms with van der Waals surface area (Å²) in [6.07, 6.45) is 0.349. The van der Waals surface area contributed by atoms with E-state index in [2.05, 4.69) is 20.3 Å². The molecule has 9 heteroatoms. The molecule has 0 saturated carbocycles. The van der Waals surface area contributed by atoms with Crippen LogP contribution in [0.15, 0.2) is 43.0 Å². The normalized spacial score (nSPS) is 25.5. The fourth-order valence-electron chi connectivity index (χ4n) is 3.17. The number of nitrogens with zero attached hydrogens (tertiary/aromatic N) is 4. The van der Waals surface area contributed by atoms with E-state index in [-0.39, 0.29) is 25.2 Å². The van der Waals surface area contributed by atoms with Crippen LogP contribution >= 0.6 is 0 Å². The molecule has 1 saturated heterocycles. The zero-order chi connectivity index (χ0) is 19.7. The highest BCUT2D eigenvalue weighted by atomic mass is 16.5. The van der Waals surface area contributed by atoms with E-state index in [1.165, 1.54) is 12.7 Å². The van der Waals surface area contributed by atoms with E-state index in [0.29, 0.717) is 16.7 Å². The molecule has 0 radical (unpaired) electrons. The number of hydrogen-bond acceptors (Lipinski definition) is 7. The third-order valence-corrected chi connectivity index (χ3v) is 4.61. The van der Waals surface area contributed by atoms with Gasteiger partial charge in [0.2, 0.25) is 0 Å². The average molecular weight is 370 g/mol. The minimum Gasteiger partial charge on any atom is -0.396 e. The molecule has 1 aromatic carbocycles. The van der Waals surface area contributed by atoms with E-state index in [1.807, 2.05) is 6.07 Å². The molecule has 3 N–H and O–H groups in total. The molecule has 27 heavy (non-hydrogen) atoms. The van der Waals surface area contributed by atoms with Gasteiger partial charge in [0.05, 0.1) is 31.1 Å². The van der Waals surface area contributed by atoms with Crippen LogP contribution in [0.3, 0.4) is 0 Å². The number of carbonyl (C=O) groups excluding carboxylic acids is 1. The van der Waals surface area contributed by atoms with Crippen molar-refractivity contribution in [3.05, 3.63) is 48.5 Å². The first kappa shape index (κ1) is 16.3. The molecule has 9 nitrogen and oxygen atoms in total. The van der Waals surface area contributed by atoms with Gasteiger partial charge in [-0.1, -0.05) is 18.2 Å². The van der Waals surface area contributed by atoms with Crippen LogP contribution < -0.4 is 5.32 Å². The molecule has 3 aromatic rings. The molecule has 1 aliphatic heterocycles. The van der Waals surface area contributed by atoms with E-state index >= 15 is 0 Å². The number of anilines is 1. The van der Waals surface area contributed by atoms with Crippen LogP contribution in [-0.2, 0) is 4.74 Å². The summed E-state index contributed by atoms with van der Waals surface area (Å²) in [5.41, 5.74) is 1.23. The molecule has 4 rings (SSSR count). The molecule has 0 spiro atoms. The lowest BCUT2D eigenvalue weighted by atomic mass is 10.0. The van der Waals surface area contributed by atoms with Gasteiger partial charge in [-0.15, -0.1) is 0 Å². The Balaban J connectivity index is 1.66. The third-order valence-electron chi connectivity index (χ3n) is 4.61. The fourth-order valence-corrected chi connectivity index (χ4v) is 3.17. The Morgan fingerprint density at radius 3 is 2.89 bits per heavy atom. The fraction of sp³-hybridized carbons (Fsp3) is 0.333. The summed E-state index contributed by atoms with van der Waals surface area (Å²) in [5.74, 6) is -0.705. The number of aliphatic hydroxyl groups is 2. The second-order valence-electron chi connectivity index (χ2n) is 6.27. The van der Waals surface area contributed by atoms with Gasteiger partial charge in [-0.2, -0.15) is 0 Å². The zero-order valence-corrected chi connectivity index (χ0v) is 14.3. The quantitative estimate of drug-likeness (QED) is 0.625. The standard InChI is InChI=1S/C18H19N5O4/c1-10-14(25)12(7-24)18(27-10)23-9-21-13-15(19-8-20-16(13)23)22-17(26)11-5-3-2-4-6-11/h2-6,8-10,12,14,18,24-25H,7H2,1H3,(H,19,20,22,26)/t10-,12-,14?,18-/m1/s1/i1D. The molecular formula is C18H19N5O4. The first-order chi connectivity index (χ1) is 13.6. The Morgan fingerprint density at radius 2 is 2.15 bits per heavy atom. The third kappa shape index (κ3) is 3.05. The Morgan fingerprint density at radius 1 is 1.33 bits per heavy atom. The number of aromatic nitrogens is 4. The highest BCUT2D eigenvalue weighted by molar-refractivity contribution is 6.06. The number of ether oxygens (including phenoxy) is 1. The van der Waals surface area contributed by atoms with E-state index in [1.54, 1.807) is 28.8 Å². The van der Waals surface area contributed by atoms with Crippen molar-refractivity contribution in [3.8, 4) is 0 Å². The molecule has 1 fully saturated rings. The smallest absolute Gasteiger partial charge is 0.256 e. The highest BCUT2D eigenvalue weighted by Gasteiger charge is 2.42. The number of aliphatic hydroxyl groups excluding tert-OH is 2. The topological polar surface area (TPSA) is 122 Å². The number of imidazole rings is 1. The van der Waals surface area contributed by atoms with Gasteiger partial charge in [0.1, 0.15) is 12.6 Å².